The van der Waals surface area contributed by atoms with Crippen molar-refractivity contribution in [1.82, 2.24) is 20.1 Å². The first-order chi connectivity index (χ1) is 13.9. The van der Waals surface area contributed by atoms with Crippen molar-refractivity contribution in [2.24, 2.45) is 0 Å². The first-order valence-electron chi connectivity index (χ1n) is 10.0. The van der Waals surface area contributed by atoms with E-state index in [1.165, 1.54) is 0 Å². The summed E-state index contributed by atoms with van der Waals surface area (Å²) in [5.41, 5.74) is 7.82. The van der Waals surface area contributed by atoms with Gasteiger partial charge in [-0.15, -0.1) is 0 Å². The zero-order valence-electron chi connectivity index (χ0n) is 17.1. The lowest BCUT2D eigenvalue weighted by Crippen LogP contribution is -2.05. The second-order valence-electron chi connectivity index (χ2n) is 8.09. The standard InChI is InChI=1S/C23H24N4O2/c1-11-5-8-17(12(2)24-11)22(28)18-9-16(20-13(3)27-29-14(20)4)10-19-21(18)26-23(25-19)15-6-7-15/h5,8-10,15,22,28H,6-7H2,1-4H3,(H,25,26). The number of aliphatic hydroxyl groups excluding tert-OH is 1. The maximum absolute atomic E-state index is 11.4. The lowest BCUT2D eigenvalue weighted by atomic mass is 9.94. The van der Waals surface area contributed by atoms with Crippen molar-refractivity contribution in [2.45, 2.75) is 52.6 Å². The van der Waals surface area contributed by atoms with E-state index >= 15 is 0 Å². The van der Waals surface area contributed by atoms with Gasteiger partial charge in [0.15, 0.2) is 0 Å². The third kappa shape index (κ3) is 3.04. The molecule has 0 amide bonds. The van der Waals surface area contributed by atoms with Gasteiger partial charge in [-0.25, -0.2) is 4.98 Å². The molecule has 1 fully saturated rings. The van der Waals surface area contributed by atoms with Gasteiger partial charge < -0.3 is 14.6 Å². The van der Waals surface area contributed by atoms with Crippen LogP contribution in [0.3, 0.4) is 0 Å². The van der Waals surface area contributed by atoms with Gasteiger partial charge in [-0.05, 0) is 64.3 Å². The Bertz CT molecular complexity index is 1210. The Morgan fingerprint density at radius 1 is 1.03 bits per heavy atom. The molecule has 0 spiro atoms. The van der Waals surface area contributed by atoms with Crippen LogP contribution in [0.25, 0.3) is 22.2 Å². The summed E-state index contributed by atoms with van der Waals surface area (Å²) in [6.07, 6.45) is 1.51. The molecule has 5 rings (SSSR count). The molecule has 1 unspecified atom stereocenters. The van der Waals surface area contributed by atoms with E-state index in [2.05, 4.69) is 21.2 Å². The van der Waals surface area contributed by atoms with Crippen LogP contribution in [0.1, 0.15) is 64.7 Å². The highest BCUT2D eigenvalue weighted by atomic mass is 16.5. The number of fused-ring (bicyclic) bond motifs is 1. The highest BCUT2D eigenvalue weighted by Crippen LogP contribution is 2.41. The van der Waals surface area contributed by atoms with Crippen molar-refractivity contribution < 1.29 is 9.63 Å². The molecule has 1 aliphatic carbocycles. The number of hydrogen-bond acceptors (Lipinski definition) is 5. The smallest absolute Gasteiger partial charge is 0.141 e. The van der Waals surface area contributed by atoms with Crippen LogP contribution in [0.2, 0.25) is 0 Å². The van der Waals surface area contributed by atoms with Gasteiger partial charge in [0.2, 0.25) is 0 Å². The number of H-pyrrole nitrogens is 1. The highest BCUT2D eigenvalue weighted by Gasteiger charge is 2.29. The zero-order chi connectivity index (χ0) is 20.3. The quantitative estimate of drug-likeness (QED) is 0.524. The molecule has 0 saturated heterocycles. The largest absolute Gasteiger partial charge is 0.384 e. The van der Waals surface area contributed by atoms with Crippen LogP contribution in [-0.2, 0) is 0 Å². The van der Waals surface area contributed by atoms with Gasteiger partial charge in [0.25, 0.3) is 0 Å². The number of pyridine rings is 1. The van der Waals surface area contributed by atoms with Crippen LogP contribution in [-0.4, -0.2) is 25.2 Å². The Morgan fingerprint density at radius 2 is 1.83 bits per heavy atom. The molecular formula is C23H24N4O2. The summed E-state index contributed by atoms with van der Waals surface area (Å²) in [5.74, 6) is 2.26. The Hall–Kier alpha value is -2.99. The third-order valence-corrected chi connectivity index (χ3v) is 5.78. The fourth-order valence-electron chi connectivity index (χ4n) is 4.12. The van der Waals surface area contributed by atoms with E-state index in [1.807, 2.05) is 45.9 Å². The molecule has 1 atom stereocenters. The summed E-state index contributed by atoms with van der Waals surface area (Å²) in [7, 11) is 0. The molecule has 3 heterocycles. The highest BCUT2D eigenvalue weighted by molar-refractivity contribution is 5.87. The first-order valence-corrected chi connectivity index (χ1v) is 10.0. The molecule has 4 aromatic rings. The predicted molar refractivity (Wildman–Crippen MR) is 111 cm³/mol. The lowest BCUT2D eigenvalue weighted by Gasteiger charge is -2.16. The van der Waals surface area contributed by atoms with Crippen molar-refractivity contribution >= 4 is 11.0 Å². The topological polar surface area (TPSA) is 87.8 Å². The van der Waals surface area contributed by atoms with Gasteiger partial charge >= 0.3 is 0 Å². The first kappa shape index (κ1) is 18.1. The van der Waals surface area contributed by atoms with Crippen molar-refractivity contribution in [1.29, 1.82) is 0 Å². The molecular weight excluding hydrogens is 364 g/mol. The number of imidazole rings is 1. The molecule has 3 aromatic heterocycles. The Labute approximate surface area is 169 Å². The summed E-state index contributed by atoms with van der Waals surface area (Å²) in [4.78, 5) is 12.9. The van der Waals surface area contributed by atoms with Crippen molar-refractivity contribution in [2.75, 3.05) is 0 Å². The fourth-order valence-corrected chi connectivity index (χ4v) is 4.12. The van der Waals surface area contributed by atoms with Gasteiger partial charge in [-0.1, -0.05) is 11.2 Å². The van der Waals surface area contributed by atoms with Gasteiger partial charge in [0.05, 0.1) is 16.7 Å². The molecule has 0 aliphatic heterocycles. The molecule has 2 N–H and O–H groups in total. The number of hydrogen-bond donors (Lipinski definition) is 2. The van der Waals surface area contributed by atoms with Crippen LogP contribution < -0.4 is 0 Å². The van der Waals surface area contributed by atoms with E-state index in [-0.39, 0.29) is 0 Å². The van der Waals surface area contributed by atoms with E-state index in [1.54, 1.807) is 0 Å². The molecule has 0 bridgehead atoms. The molecule has 29 heavy (non-hydrogen) atoms. The second kappa shape index (κ2) is 6.52. The fraction of sp³-hybridized carbons (Fsp3) is 0.348. The van der Waals surface area contributed by atoms with Gasteiger partial charge in [-0.3, -0.25) is 4.98 Å². The van der Waals surface area contributed by atoms with E-state index in [0.29, 0.717) is 5.92 Å². The van der Waals surface area contributed by atoms with Gasteiger partial charge in [0.1, 0.15) is 17.7 Å². The summed E-state index contributed by atoms with van der Waals surface area (Å²) in [5, 5.41) is 15.5. The molecule has 0 radical (unpaired) electrons. The van der Waals surface area contributed by atoms with Gasteiger partial charge in [0, 0.05) is 34.0 Å². The average molecular weight is 388 g/mol. The number of aliphatic hydroxyl groups is 1. The minimum absolute atomic E-state index is 0.498. The molecule has 6 nitrogen and oxygen atoms in total. The van der Waals surface area contributed by atoms with Crippen LogP contribution in [0, 0.1) is 27.7 Å². The van der Waals surface area contributed by atoms with E-state index in [9.17, 15) is 5.11 Å². The maximum Gasteiger partial charge on any atom is 0.141 e. The van der Waals surface area contributed by atoms with Crippen molar-refractivity contribution in [3.8, 4) is 11.1 Å². The Balaban J connectivity index is 1.73. The molecule has 1 saturated carbocycles. The monoisotopic (exact) mass is 388 g/mol. The normalized spacial score (nSPS) is 15.2. The van der Waals surface area contributed by atoms with Crippen LogP contribution in [0.15, 0.2) is 28.8 Å². The predicted octanol–water partition coefficient (Wildman–Crippen LogP) is 4.81. The number of aromatic nitrogens is 4. The van der Waals surface area contributed by atoms with Crippen LogP contribution in [0.4, 0.5) is 0 Å². The lowest BCUT2D eigenvalue weighted by molar-refractivity contribution is 0.220. The molecule has 148 valence electrons. The SMILES string of the molecule is Cc1ccc(C(O)c2cc(-c3c(C)noc3C)cc3[nH]c(C4CC4)nc23)c(C)n1. The van der Waals surface area contributed by atoms with Crippen molar-refractivity contribution in [3.05, 3.63) is 64.1 Å². The minimum Gasteiger partial charge on any atom is -0.384 e. The Morgan fingerprint density at radius 3 is 2.48 bits per heavy atom. The van der Waals surface area contributed by atoms with Crippen LogP contribution >= 0.6 is 0 Å². The number of aryl methyl sites for hydroxylation is 4. The van der Waals surface area contributed by atoms with Crippen molar-refractivity contribution in [3.63, 3.8) is 0 Å². The summed E-state index contributed by atoms with van der Waals surface area (Å²) in [6, 6.07) is 7.97. The maximum atomic E-state index is 11.4. The Kier molecular flexibility index (Phi) is 4.06. The van der Waals surface area contributed by atoms with E-state index in [0.717, 1.165) is 74.8 Å². The van der Waals surface area contributed by atoms with Crippen LogP contribution in [0.5, 0.6) is 0 Å². The third-order valence-electron chi connectivity index (χ3n) is 5.78. The number of nitrogens with one attached hydrogen (secondary N) is 1. The summed E-state index contributed by atoms with van der Waals surface area (Å²) < 4.78 is 5.38. The summed E-state index contributed by atoms with van der Waals surface area (Å²) >= 11 is 0. The molecule has 1 aliphatic rings. The summed E-state index contributed by atoms with van der Waals surface area (Å²) in [6.45, 7) is 7.73. The number of rotatable bonds is 4. The number of nitrogens with zero attached hydrogens (tertiary/aromatic N) is 3. The number of benzene rings is 1. The van der Waals surface area contributed by atoms with E-state index in [4.69, 9.17) is 9.51 Å². The zero-order valence-corrected chi connectivity index (χ0v) is 17.1. The second-order valence-corrected chi connectivity index (χ2v) is 8.09. The van der Waals surface area contributed by atoms with E-state index < -0.39 is 6.10 Å². The molecule has 1 aromatic carbocycles. The molecule has 6 heteroatoms. The van der Waals surface area contributed by atoms with Gasteiger partial charge in [-0.2, -0.15) is 0 Å². The minimum atomic E-state index is -0.818. The average Bonchev–Trinajstić information content (AvgIpc) is 3.36. The number of aromatic amines is 1.